The number of anilines is 1. The number of para-hydroxylation sites is 1. The van der Waals surface area contributed by atoms with Crippen molar-refractivity contribution in [2.45, 2.75) is 44.8 Å². The van der Waals surface area contributed by atoms with Crippen LogP contribution in [0.1, 0.15) is 54.2 Å². The Balaban J connectivity index is 1.62. The number of rotatable bonds is 5. The first kappa shape index (κ1) is 22.3. The Bertz CT molecular complexity index is 1160. The van der Waals surface area contributed by atoms with Gasteiger partial charge in [-0.3, -0.25) is 9.59 Å². The molecule has 0 fully saturated rings. The van der Waals surface area contributed by atoms with E-state index in [1.807, 2.05) is 30.3 Å². The summed E-state index contributed by atoms with van der Waals surface area (Å²) >= 11 is 5.98. The van der Waals surface area contributed by atoms with Gasteiger partial charge in [0.15, 0.2) is 11.4 Å². The normalized spacial score (nSPS) is 18.0. The van der Waals surface area contributed by atoms with Crippen LogP contribution in [0.2, 0.25) is 5.02 Å². The lowest BCUT2D eigenvalue weighted by molar-refractivity contribution is -0.136. The SMILES string of the molecule is CC(C)(C)c1ccc(C(=O)CC2(O)C(=O)N(Cc3ccc(Cl)cc3)c3ccccc32)cc1. The lowest BCUT2D eigenvalue weighted by Gasteiger charge is -2.23. The zero-order chi connectivity index (χ0) is 23.1. The van der Waals surface area contributed by atoms with E-state index in [4.69, 9.17) is 11.6 Å². The second-order valence-corrected chi connectivity index (χ2v) is 9.76. The molecule has 0 aromatic heterocycles. The summed E-state index contributed by atoms with van der Waals surface area (Å²) in [4.78, 5) is 28.0. The van der Waals surface area contributed by atoms with Crippen molar-refractivity contribution in [3.63, 3.8) is 0 Å². The first-order valence-electron chi connectivity index (χ1n) is 10.6. The fourth-order valence-electron chi connectivity index (χ4n) is 4.10. The highest BCUT2D eigenvalue weighted by Gasteiger charge is 2.50. The van der Waals surface area contributed by atoms with Crippen LogP contribution in [0, 0.1) is 0 Å². The fraction of sp³-hybridized carbons (Fsp3) is 0.259. The average Bonchev–Trinajstić information content (AvgIpc) is 2.97. The molecule has 164 valence electrons. The van der Waals surface area contributed by atoms with Crippen molar-refractivity contribution in [2.24, 2.45) is 0 Å². The molecule has 1 heterocycles. The predicted octanol–water partition coefficient (Wildman–Crippen LogP) is 5.64. The minimum atomic E-state index is -1.90. The van der Waals surface area contributed by atoms with Gasteiger partial charge in [0.1, 0.15) is 0 Å². The monoisotopic (exact) mass is 447 g/mol. The highest BCUT2D eigenvalue weighted by atomic mass is 35.5. The van der Waals surface area contributed by atoms with Crippen molar-refractivity contribution < 1.29 is 14.7 Å². The van der Waals surface area contributed by atoms with E-state index in [2.05, 4.69) is 20.8 Å². The van der Waals surface area contributed by atoms with E-state index in [1.165, 1.54) is 4.90 Å². The van der Waals surface area contributed by atoms with Gasteiger partial charge in [-0.25, -0.2) is 0 Å². The van der Waals surface area contributed by atoms with Crippen LogP contribution in [0.3, 0.4) is 0 Å². The number of carbonyl (C=O) groups is 2. The lowest BCUT2D eigenvalue weighted by atomic mass is 9.85. The summed E-state index contributed by atoms with van der Waals surface area (Å²) in [5.74, 6) is -0.766. The van der Waals surface area contributed by atoms with E-state index < -0.39 is 11.5 Å². The molecule has 1 amide bonds. The Morgan fingerprint density at radius 3 is 2.22 bits per heavy atom. The van der Waals surface area contributed by atoms with Crippen LogP contribution in [0.4, 0.5) is 5.69 Å². The van der Waals surface area contributed by atoms with Gasteiger partial charge in [-0.1, -0.05) is 87.0 Å². The number of hydrogen-bond donors (Lipinski definition) is 1. The molecule has 0 bridgehead atoms. The molecule has 1 unspecified atom stereocenters. The number of fused-ring (bicyclic) bond motifs is 1. The first-order valence-corrected chi connectivity index (χ1v) is 11.0. The summed E-state index contributed by atoms with van der Waals surface area (Å²) in [6, 6.07) is 21.7. The number of Topliss-reactive ketones (excluding diaryl/α,β-unsaturated/α-hetero) is 1. The van der Waals surface area contributed by atoms with Gasteiger partial charge in [0.2, 0.25) is 0 Å². The number of nitrogens with zero attached hydrogens (tertiary/aromatic N) is 1. The van der Waals surface area contributed by atoms with Gasteiger partial charge in [-0.05, 0) is 34.7 Å². The molecule has 0 spiro atoms. The molecule has 1 aliphatic heterocycles. The average molecular weight is 448 g/mol. The summed E-state index contributed by atoms with van der Waals surface area (Å²) in [6.07, 6.45) is -0.311. The third-order valence-electron chi connectivity index (χ3n) is 5.98. The third-order valence-corrected chi connectivity index (χ3v) is 6.23. The van der Waals surface area contributed by atoms with Gasteiger partial charge in [-0.15, -0.1) is 0 Å². The summed E-state index contributed by atoms with van der Waals surface area (Å²) in [5, 5.41) is 12.1. The first-order chi connectivity index (χ1) is 15.1. The minimum absolute atomic E-state index is 0.0255. The van der Waals surface area contributed by atoms with E-state index in [0.29, 0.717) is 21.8 Å². The second-order valence-electron chi connectivity index (χ2n) is 9.32. The van der Waals surface area contributed by atoms with Crippen LogP contribution >= 0.6 is 11.6 Å². The number of aliphatic hydroxyl groups is 1. The molecule has 3 aromatic rings. The van der Waals surface area contributed by atoms with Crippen LogP contribution in [0.25, 0.3) is 0 Å². The largest absolute Gasteiger partial charge is 0.375 e. The quantitative estimate of drug-likeness (QED) is 0.514. The van der Waals surface area contributed by atoms with Gasteiger partial charge in [0, 0.05) is 16.1 Å². The van der Waals surface area contributed by atoms with Crippen molar-refractivity contribution in [1.29, 1.82) is 0 Å². The molecule has 0 aliphatic carbocycles. The van der Waals surface area contributed by atoms with E-state index in [1.54, 1.807) is 42.5 Å². The molecule has 3 aromatic carbocycles. The van der Waals surface area contributed by atoms with E-state index in [0.717, 1.165) is 11.1 Å². The summed E-state index contributed by atoms with van der Waals surface area (Å²) < 4.78 is 0. The van der Waals surface area contributed by atoms with Crippen LogP contribution in [0.5, 0.6) is 0 Å². The van der Waals surface area contributed by atoms with Gasteiger partial charge in [0.05, 0.1) is 18.7 Å². The van der Waals surface area contributed by atoms with E-state index in [-0.39, 0.29) is 24.2 Å². The number of amides is 1. The molecular weight excluding hydrogens is 422 g/mol. The highest BCUT2D eigenvalue weighted by Crippen LogP contribution is 2.43. The van der Waals surface area contributed by atoms with Crippen molar-refractivity contribution in [3.05, 3.63) is 100 Å². The number of benzene rings is 3. The van der Waals surface area contributed by atoms with E-state index >= 15 is 0 Å². The molecule has 32 heavy (non-hydrogen) atoms. The number of hydrogen-bond acceptors (Lipinski definition) is 3. The Morgan fingerprint density at radius 1 is 0.969 bits per heavy atom. The Hall–Kier alpha value is -2.95. The van der Waals surface area contributed by atoms with Crippen LogP contribution in [-0.4, -0.2) is 16.8 Å². The summed E-state index contributed by atoms with van der Waals surface area (Å²) in [7, 11) is 0. The van der Waals surface area contributed by atoms with Gasteiger partial charge >= 0.3 is 0 Å². The molecule has 0 saturated carbocycles. The van der Waals surface area contributed by atoms with Crippen LogP contribution < -0.4 is 4.90 Å². The molecular formula is C27H26ClNO3. The van der Waals surface area contributed by atoms with Gasteiger partial charge in [-0.2, -0.15) is 0 Å². The number of ketones is 1. The maximum absolute atomic E-state index is 13.4. The molecule has 0 saturated heterocycles. The van der Waals surface area contributed by atoms with Crippen LogP contribution in [0.15, 0.2) is 72.8 Å². The Kier molecular flexibility index (Phi) is 5.70. The lowest BCUT2D eigenvalue weighted by Crippen LogP contribution is -2.41. The van der Waals surface area contributed by atoms with Crippen molar-refractivity contribution in [3.8, 4) is 0 Å². The standard InChI is InChI=1S/C27H26ClNO3/c1-26(2,3)20-12-10-19(11-13-20)24(30)16-27(32)22-6-4-5-7-23(22)29(25(27)31)17-18-8-14-21(28)15-9-18/h4-15,32H,16-17H2,1-3H3. The Morgan fingerprint density at radius 2 is 1.59 bits per heavy atom. The number of carbonyl (C=O) groups excluding carboxylic acids is 2. The maximum Gasteiger partial charge on any atom is 0.264 e. The molecule has 1 N–H and O–H groups in total. The molecule has 0 radical (unpaired) electrons. The highest BCUT2D eigenvalue weighted by molar-refractivity contribution is 6.30. The predicted molar refractivity (Wildman–Crippen MR) is 127 cm³/mol. The van der Waals surface area contributed by atoms with Gasteiger partial charge < -0.3 is 10.0 Å². The molecule has 1 aliphatic rings. The van der Waals surface area contributed by atoms with Crippen molar-refractivity contribution in [2.75, 3.05) is 4.90 Å². The van der Waals surface area contributed by atoms with E-state index in [9.17, 15) is 14.7 Å². The summed E-state index contributed by atoms with van der Waals surface area (Å²) in [5.41, 5.74) is 1.62. The number of halogens is 1. The minimum Gasteiger partial charge on any atom is -0.375 e. The zero-order valence-corrected chi connectivity index (χ0v) is 19.2. The smallest absolute Gasteiger partial charge is 0.264 e. The molecule has 4 nitrogen and oxygen atoms in total. The molecule has 1 atom stereocenters. The topological polar surface area (TPSA) is 57.6 Å². The third kappa shape index (κ3) is 4.08. The fourth-order valence-corrected chi connectivity index (χ4v) is 4.22. The molecule has 4 rings (SSSR count). The maximum atomic E-state index is 13.4. The second kappa shape index (κ2) is 8.19. The Labute approximate surface area is 193 Å². The molecule has 5 heteroatoms. The van der Waals surface area contributed by atoms with Crippen molar-refractivity contribution >= 4 is 29.0 Å². The van der Waals surface area contributed by atoms with Gasteiger partial charge in [0.25, 0.3) is 5.91 Å². The zero-order valence-electron chi connectivity index (χ0n) is 18.4. The summed E-state index contributed by atoms with van der Waals surface area (Å²) in [6.45, 7) is 6.60. The van der Waals surface area contributed by atoms with Crippen LogP contribution in [-0.2, 0) is 22.4 Å². The van der Waals surface area contributed by atoms with Crippen molar-refractivity contribution in [1.82, 2.24) is 0 Å².